The lowest BCUT2D eigenvalue weighted by Crippen LogP contribution is -2.29. The second-order valence-electron chi connectivity index (χ2n) is 5.38. The molecule has 1 aliphatic rings. The highest BCUT2D eigenvalue weighted by atomic mass is 35.5. The summed E-state index contributed by atoms with van der Waals surface area (Å²) in [5.74, 6) is 6.45. The molecule has 1 unspecified atom stereocenters. The van der Waals surface area contributed by atoms with Gasteiger partial charge in [-0.15, -0.1) is 0 Å². The Hall–Kier alpha value is -1.55. The number of hydrazine groups is 1. The molecule has 0 aromatic heterocycles. The first-order valence-corrected chi connectivity index (χ1v) is 7.52. The summed E-state index contributed by atoms with van der Waals surface area (Å²) < 4.78 is 5.29. The van der Waals surface area contributed by atoms with E-state index in [1.54, 1.807) is 7.11 Å². The van der Waals surface area contributed by atoms with Gasteiger partial charge < -0.3 is 4.74 Å². The molecule has 0 amide bonds. The maximum atomic E-state index is 6.09. The topological polar surface area (TPSA) is 47.3 Å². The number of methoxy groups -OCH3 is 1. The van der Waals surface area contributed by atoms with E-state index in [1.807, 2.05) is 18.2 Å². The Balaban J connectivity index is 1.98. The van der Waals surface area contributed by atoms with Crippen LogP contribution in [0.5, 0.6) is 5.75 Å². The summed E-state index contributed by atoms with van der Waals surface area (Å²) in [6, 6.07) is 12.3. The number of fused-ring (bicyclic) bond motifs is 1. The van der Waals surface area contributed by atoms with Crippen LogP contribution in [-0.4, -0.2) is 7.11 Å². The van der Waals surface area contributed by atoms with E-state index in [2.05, 4.69) is 23.6 Å². The van der Waals surface area contributed by atoms with Gasteiger partial charge in [-0.2, -0.15) is 0 Å². The molecule has 3 nitrogen and oxygen atoms in total. The number of nitrogens with one attached hydrogen (secondary N) is 1. The van der Waals surface area contributed by atoms with Crippen LogP contribution in [0.2, 0.25) is 5.02 Å². The molecule has 0 saturated heterocycles. The lowest BCUT2D eigenvalue weighted by Gasteiger charge is -2.19. The highest BCUT2D eigenvalue weighted by Gasteiger charge is 2.17. The number of aryl methyl sites for hydroxylation is 2. The number of nitrogens with two attached hydrogens (primary N) is 1. The Bertz CT molecular complexity index is 646. The van der Waals surface area contributed by atoms with Gasteiger partial charge in [-0.3, -0.25) is 5.84 Å². The fourth-order valence-corrected chi connectivity index (χ4v) is 3.21. The highest BCUT2D eigenvalue weighted by Crippen LogP contribution is 2.32. The molecule has 110 valence electrons. The first kappa shape index (κ1) is 14.4. The number of ether oxygens (including phenoxy) is 1. The molecule has 0 aliphatic heterocycles. The Morgan fingerprint density at radius 1 is 1.10 bits per heavy atom. The van der Waals surface area contributed by atoms with Crippen LogP contribution in [0.15, 0.2) is 36.4 Å². The zero-order valence-corrected chi connectivity index (χ0v) is 12.8. The van der Waals surface area contributed by atoms with Crippen LogP contribution in [-0.2, 0) is 12.8 Å². The first-order chi connectivity index (χ1) is 10.2. The van der Waals surface area contributed by atoms with Gasteiger partial charge in [-0.25, -0.2) is 5.43 Å². The van der Waals surface area contributed by atoms with Crippen molar-refractivity contribution in [3.8, 4) is 5.75 Å². The van der Waals surface area contributed by atoms with Gasteiger partial charge in [0.2, 0.25) is 0 Å². The van der Waals surface area contributed by atoms with Gasteiger partial charge in [0.25, 0.3) is 0 Å². The van der Waals surface area contributed by atoms with E-state index in [-0.39, 0.29) is 6.04 Å². The molecule has 0 heterocycles. The SMILES string of the molecule is COc1cc(C(NN)c2ccc3c(c2)CCC3)ccc1Cl. The second-order valence-corrected chi connectivity index (χ2v) is 5.78. The number of halogens is 1. The van der Waals surface area contributed by atoms with E-state index in [0.29, 0.717) is 10.8 Å². The molecule has 1 aliphatic carbocycles. The quantitative estimate of drug-likeness (QED) is 0.672. The summed E-state index contributed by atoms with van der Waals surface area (Å²) in [5.41, 5.74) is 8.01. The van der Waals surface area contributed by atoms with Gasteiger partial charge in [-0.1, -0.05) is 35.9 Å². The van der Waals surface area contributed by atoms with Gasteiger partial charge in [-0.05, 0) is 53.6 Å². The van der Waals surface area contributed by atoms with E-state index >= 15 is 0 Å². The van der Waals surface area contributed by atoms with Crippen LogP contribution in [0.3, 0.4) is 0 Å². The number of hydrogen-bond donors (Lipinski definition) is 2. The first-order valence-electron chi connectivity index (χ1n) is 7.14. The summed E-state index contributed by atoms with van der Waals surface area (Å²) >= 11 is 6.09. The zero-order valence-electron chi connectivity index (χ0n) is 12.0. The van der Waals surface area contributed by atoms with Crippen LogP contribution in [0.1, 0.15) is 34.7 Å². The van der Waals surface area contributed by atoms with Crippen molar-refractivity contribution in [2.45, 2.75) is 25.3 Å². The summed E-state index contributed by atoms with van der Waals surface area (Å²) in [7, 11) is 1.62. The molecule has 2 aromatic carbocycles. The largest absolute Gasteiger partial charge is 0.495 e. The minimum absolute atomic E-state index is 0.0675. The molecule has 3 N–H and O–H groups in total. The molecule has 1 atom stereocenters. The molecule has 21 heavy (non-hydrogen) atoms. The molecule has 0 saturated carbocycles. The van der Waals surface area contributed by atoms with Crippen molar-refractivity contribution in [2.75, 3.05) is 7.11 Å². The second kappa shape index (κ2) is 6.06. The molecular weight excluding hydrogens is 284 g/mol. The standard InChI is InChI=1S/C17H19ClN2O/c1-21-16-10-14(7-8-15(16)18)17(20-19)13-6-5-11-3-2-4-12(11)9-13/h5-10,17,20H,2-4,19H2,1H3. The smallest absolute Gasteiger partial charge is 0.137 e. The fraction of sp³-hybridized carbons (Fsp3) is 0.294. The predicted octanol–water partition coefficient (Wildman–Crippen LogP) is 3.39. The average Bonchev–Trinajstić information content (AvgIpc) is 2.97. The van der Waals surface area contributed by atoms with Crippen LogP contribution in [0.4, 0.5) is 0 Å². The number of rotatable bonds is 4. The van der Waals surface area contributed by atoms with Crippen molar-refractivity contribution in [1.82, 2.24) is 5.43 Å². The third-order valence-electron chi connectivity index (χ3n) is 4.13. The molecule has 0 spiro atoms. The Morgan fingerprint density at radius 2 is 1.81 bits per heavy atom. The molecule has 3 rings (SSSR count). The molecule has 0 fully saturated rings. The van der Waals surface area contributed by atoms with Gasteiger partial charge >= 0.3 is 0 Å². The zero-order chi connectivity index (χ0) is 14.8. The van der Waals surface area contributed by atoms with Crippen molar-refractivity contribution in [3.05, 3.63) is 63.7 Å². The molecule has 0 radical (unpaired) electrons. The summed E-state index contributed by atoms with van der Waals surface area (Å²) in [5, 5.41) is 0.603. The van der Waals surface area contributed by atoms with Gasteiger partial charge in [0.1, 0.15) is 5.75 Å². The van der Waals surface area contributed by atoms with E-state index in [9.17, 15) is 0 Å². The maximum Gasteiger partial charge on any atom is 0.137 e. The maximum absolute atomic E-state index is 6.09. The minimum atomic E-state index is -0.0675. The van der Waals surface area contributed by atoms with E-state index in [1.165, 1.54) is 29.5 Å². The Morgan fingerprint density at radius 3 is 2.57 bits per heavy atom. The lowest BCUT2D eigenvalue weighted by atomic mass is 9.96. The van der Waals surface area contributed by atoms with Crippen LogP contribution >= 0.6 is 11.6 Å². The molecule has 0 bridgehead atoms. The van der Waals surface area contributed by atoms with Crippen molar-refractivity contribution in [2.24, 2.45) is 5.84 Å². The van der Waals surface area contributed by atoms with Gasteiger partial charge in [0.05, 0.1) is 18.2 Å². The van der Waals surface area contributed by atoms with Crippen LogP contribution in [0.25, 0.3) is 0 Å². The molecule has 4 heteroatoms. The molecular formula is C17H19ClN2O. The van der Waals surface area contributed by atoms with E-state index in [0.717, 1.165) is 12.0 Å². The monoisotopic (exact) mass is 302 g/mol. The third-order valence-corrected chi connectivity index (χ3v) is 4.44. The van der Waals surface area contributed by atoms with Crippen molar-refractivity contribution >= 4 is 11.6 Å². The highest BCUT2D eigenvalue weighted by molar-refractivity contribution is 6.32. The summed E-state index contributed by atoms with van der Waals surface area (Å²) in [6.07, 6.45) is 3.59. The van der Waals surface area contributed by atoms with Gasteiger partial charge in [0, 0.05) is 0 Å². The van der Waals surface area contributed by atoms with E-state index < -0.39 is 0 Å². The van der Waals surface area contributed by atoms with Crippen LogP contribution < -0.4 is 16.0 Å². The Labute approximate surface area is 130 Å². The predicted molar refractivity (Wildman–Crippen MR) is 85.6 cm³/mol. The normalized spacial score (nSPS) is 14.8. The summed E-state index contributed by atoms with van der Waals surface area (Å²) in [6.45, 7) is 0. The third kappa shape index (κ3) is 2.77. The average molecular weight is 303 g/mol. The minimum Gasteiger partial charge on any atom is -0.495 e. The summed E-state index contributed by atoms with van der Waals surface area (Å²) in [4.78, 5) is 0. The number of benzene rings is 2. The fourth-order valence-electron chi connectivity index (χ4n) is 3.01. The Kier molecular flexibility index (Phi) is 4.15. The van der Waals surface area contributed by atoms with Crippen molar-refractivity contribution < 1.29 is 4.74 Å². The van der Waals surface area contributed by atoms with Crippen molar-refractivity contribution in [1.29, 1.82) is 0 Å². The molecule has 2 aromatic rings. The van der Waals surface area contributed by atoms with Crippen LogP contribution in [0, 0.1) is 0 Å². The van der Waals surface area contributed by atoms with Crippen molar-refractivity contribution in [3.63, 3.8) is 0 Å². The van der Waals surface area contributed by atoms with Gasteiger partial charge in [0.15, 0.2) is 0 Å². The lowest BCUT2D eigenvalue weighted by molar-refractivity contribution is 0.414. The number of hydrogen-bond acceptors (Lipinski definition) is 3. The van der Waals surface area contributed by atoms with E-state index in [4.69, 9.17) is 22.2 Å².